The summed E-state index contributed by atoms with van der Waals surface area (Å²) in [4.78, 5) is 6.86. The van der Waals surface area contributed by atoms with Gasteiger partial charge in [0, 0.05) is 25.8 Å². The molecule has 3 rings (SSSR count). The fourth-order valence-electron chi connectivity index (χ4n) is 2.72. The van der Waals surface area contributed by atoms with Gasteiger partial charge in [0.2, 0.25) is 0 Å². The lowest BCUT2D eigenvalue weighted by atomic mass is 10.2. The maximum absolute atomic E-state index is 4.75. The van der Waals surface area contributed by atoms with Crippen molar-refractivity contribution in [3.05, 3.63) is 78.4 Å². The number of nitrogens with zero attached hydrogens (tertiary/aromatic N) is 5. The van der Waals surface area contributed by atoms with Crippen LogP contribution < -0.4 is 5.32 Å². The van der Waals surface area contributed by atoms with E-state index in [0.29, 0.717) is 6.54 Å². The molecule has 0 unspecified atom stereocenters. The minimum absolute atomic E-state index is 0.455. The number of para-hydroxylation sites is 1. The lowest BCUT2D eigenvalue weighted by molar-refractivity contribution is 0.476. The second-order valence-electron chi connectivity index (χ2n) is 5.96. The van der Waals surface area contributed by atoms with E-state index in [0.717, 1.165) is 30.6 Å². The van der Waals surface area contributed by atoms with Gasteiger partial charge in [0.25, 0.3) is 0 Å². The molecule has 0 saturated carbocycles. The molecule has 6 nitrogen and oxygen atoms in total. The number of nitrogens with one attached hydrogen (secondary N) is 1. The van der Waals surface area contributed by atoms with E-state index >= 15 is 0 Å². The molecule has 0 aliphatic rings. The van der Waals surface area contributed by atoms with Crippen LogP contribution in [-0.2, 0) is 13.1 Å². The molecule has 26 heavy (non-hydrogen) atoms. The normalized spacial score (nSPS) is 11.4. The van der Waals surface area contributed by atoms with E-state index in [9.17, 15) is 0 Å². The monoisotopic (exact) mass is 348 g/mol. The molecule has 6 heteroatoms. The van der Waals surface area contributed by atoms with Crippen molar-refractivity contribution in [3.8, 4) is 5.69 Å². The third-order valence-corrected chi connectivity index (χ3v) is 3.98. The summed E-state index contributed by atoms with van der Waals surface area (Å²) in [5.74, 6) is 1.65. The molecule has 0 bridgehead atoms. The van der Waals surface area contributed by atoms with E-state index in [4.69, 9.17) is 4.99 Å². The van der Waals surface area contributed by atoms with Crippen LogP contribution in [0.25, 0.3) is 5.69 Å². The summed E-state index contributed by atoms with van der Waals surface area (Å²) in [6, 6.07) is 20.4. The highest BCUT2D eigenvalue weighted by atomic mass is 15.3. The van der Waals surface area contributed by atoms with Crippen molar-refractivity contribution in [3.63, 3.8) is 0 Å². The molecular formula is C20H24N6. The van der Waals surface area contributed by atoms with E-state index in [1.54, 1.807) is 6.33 Å². The van der Waals surface area contributed by atoms with Gasteiger partial charge >= 0.3 is 0 Å². The maximum Gasteiger partial charge on any atom is 0.194 e. The molecule has 0 fully saturated rings. The first-order valence-electron chi connectivity index (χ1n) is 8.75. The number of rotatable bonds is 6. The first-order valence-corrected chi connectivity index (χ1v) is 8.75. The predicted octanol–water partition coefficient (Wildman–Crippen LogP) is 2.86. The van der Waals surface area contributed by atoms with E-state index < -0.39 is 0 Å². The van der Waals surface area contributed by atoms with Crippen LogP contribution in [0.4, 0.5) is 0 Å². The lowest BCUT2D eigenvalue weighted by Crippen LogP contribution is -2.38. The van der Waals surface area contributed by atoms with Gasteiger partial charge in [-0.1, -0.05) is 48.5 Å². The second-order valence-corrected chi connectivity index (χ2v) is 5.96. The molecule has 0 amide bonds. The Morgan fingerprint density at radius 2 is 1.77 bits per heavy atom. The van der Waals surface area contributed by atoms with Crippen LogP contribution in [-0.4, -0.2) is 39.2 Å². The minimum Gasteiger partial charge on any atom is -0.357 e. The predicted molar refractivity (Wildman–Crippen MR) is 104 cm³/mol. The third kappa shape index (κ3) is 4.47. The topological polar surface area (TPSA) is 58.3 Å². The van der Waals surface area contributed by atoms with Crippen LogP contribution in [0.15, 0.2) is 72.0 Å². The van der Waals surface area contributed by atoms with Gasteiger partial charge < -0.3 is 10.2 Å². The van der Waals surface area contributed by atoms with Gasteiger partial charge in [0.05, 0.1) is 0 Å². The van der Waals surface area contributed by atoms with Crippen molar-refractivity contribution in [2.75, 3.05) is 13.6 Å². The van der Waals surface area contributed by atoms with Gasteiger partial charge in [-0.15, -0.1) is 10.2 Å². The average molecular weight is 348 g/mol. The summed E-state index contributed by atoms with van der Waals surface area (Å²) < 4.78 is 1.96. The van der Waals surface area contributed by atoms with Crippen molar-refractivity contribution < 1.29 is 0 Å². The van der Waals surface area contributed by atoms with E-state index in [-0.39, 0.29) is 0 Å². The molecule has 0 spiro atoms. The number of aliphatic imine (C=N–C) groups is 1. The molecule has 0 aliphatic carbocycles. The molecule has 1 heterocycles. The second kappa shape index (κ2) is 8.80. The fraction of sp³-hybridized carbons (Fsp3) is 0.250. The molecule has 3 aromatic rings. The zero-order valence-electron chi connectivity index (χ0n) is 15.2. The maximum atomic E-state index is 4.75. The molecular weight excluding hydrogens is 324 g/mol. The fourth-order valence-corrected chi connectivity index (χ4v) is 2.72. The van der Waals surface area contributed by atoms with Crippen LogP contribution in [0.5, 0.6) is 0 Å². The van der Waals surface area contributed by atoms with Crippen LogP contribution in [0.2, 0.25) is 0 Å². The number of guanidine groups is 1. The van der Waals surface area contributed by atoms with Crippen LogP contribution in [0.3, 0.4) is 0 Å². The lowest BCUT2D eigenvalue weighted by Gasteiger charge is -2.22. The highest BCUT2D eigenvalue weighted by Gasteiger charge is 2.09. The van der Waals surface area contributed by atoms with Crippen LogP contribution in [0.1, 0.15) is 18.3 Å². The molecule has 0 saturated heterocycles. The van der Waals surface area contributed by atoms with Crippen molar-refractivity contribution >= 4 is 5.96 Å². The number of hydrogen-bond donors (Lipinski definition) is 1. The van der Waals surface area contributed by atoms with Gasteiger partial charge in [-0.3, -0.25) is 4.57 Å². The van der Waals surface area contributed by atoms with Crippen molar-refractivity contribution in [2.24, 2.45) is 4.99 Å². The van der Waals surface area contributed by atoms with Crippen LogP contribution >= 0.6 is 0 Å². The number of hydrogen-bond acceptors (Lipinski definition) is 3. The SMILES string of the molecule is CCNC(=NCc1nncn1-c1ccccc1)N(C)Cc1ccccc1. The first-order chi connectivity index (χ1) is 12.8. The summed E-state index contributed by atoms with van der Waals surface area (Å²) in [5, 5.41) is 11.6. The summed E-state index contributed by atoms with van der Waals surface area (Å²) in [6.07, 6.45) is 1.72. The highest BCUT2D eigenvalue weighted by Crippen LogP contribution is 2.10. The average Bonchev–Trinajstić information content (AvgIpc) is 3.15. The van der Waals surface area contributed by atoms with Gasteiger partial charge in [-0.25, -0.2) is 4.99 Å². The molecule has 0 aliphatic heterocycles. The zero-order valence-corrected chi connectivity index (χ0v) is 15.2. The van der Waals surface area contributed by atoms with Crippen molar-refractivity contribution in [1.82, 2.24) is 25.0 Å². The van der Waals surface area contributed by atoms with Crippen molar-refractivity contribution in [2.45, 2.75) is 20.0 Å². The van der Waals surface area contributed by atoms with E-state index in [2.05, 4.69) is 51.6 Å². The first kappa shape index (κ1) is 17.7. The van der Waals surface area contributed by atoms with Crippen molar-refractivity contribution in [1.29, 1.82) is 0 Å². The Hall–Kier alpha value is -3.15. The third-order valence-electron chi connectivity index (χ3n) is 3.98. The Labute approximate surface area is 154 Å². The summed E-state index contributed by atoms with van der Waals surface area (Å²) in [6.45, 7) is 4.12. The molecule has 2 aromatic carbocycles. The quantitative estimate of drug-likeness (QED) is 0.550. The molecule has 0 radical (unpaired) electrons. The smallest absolute Gasteiger partial charge is 0.194 e. The van der Waals surface area contributed by atoms with Gasteiger partial charge in [0.1, 0.15) is 12.9 Å². The number of aromatic nitrogens is 3. The molecule has 1 N–H and O–H groups in total. The zero-order chi connectivity index (χ0) is 18.2. The summed E-state index contributed by atoms with van der Waals surface area (Å²) in [5.41, 5.74) is 2.28. The van der Waals surface area contributed by atoms with E-state index in [1.165, 1.54) is 5.56 Å². The van der Waals surface area contributed by atoms with Gasteiger partial charge in [0.15, 0.2) is 11.8 Å². The molecule has 0 atom stereocenters. The Morgan fingerprint density at radius 1 is 1.08 bits per heavy atom. The standard InChI is InChI=1S/C20H24N6/c1-3-21-20(25(2)15-17-10-6-4-7-11-17)22-14-19-24-23-16-26(19)18-12-8-5-9-13-18/h4-13,16H,3,14-15H2,1-2H3,(H,21,22). The Balaban J connectivity index is 1.75. The van der Waals surface area contributed by atoms with Crippen LogP contribution in [0, 0.1) is 0 Å². The molecule has 1 aromatic heterocycles. The highest BCUT2D eigenvalue weighted by molar-refractivity contribution is 5.79. The largest absolute Gasteiger partial charge is 0.357 e. The van der Waals surface area contributed by atoms with E-state index in [1.807, 2.05) is 48.0 Å². The minimum atomic E-state index is 0.455. The Morgan fingerprint density at radius 3 is 2.46 bits per heavy atom. The summed E-state index contributed by atoms with van der Waals surface area (Å²) >= 11 is 0. The van der Waals surface area contributed by atoms with Gasteiger partial charge in [-0.2, -0.15) is 0 Å². The number of benzene rings is 2. The Bertz CT molecular complexity index is 826. The van der Waals surface area contributed by atoms with Gasteiger partial charge in [-0.05, 0) is 24.6 Å². The summed E-state index contributed by atoms with van der Waals surface area (Å²) in [7, 11) is 2.04. The Kier molecular flexibility index (Phi) is 5.98. The molecule has 134 valence electrons.